The van der Waals surface area contributed by atoms with Crippen molar-refractivity contribution < 1.29 is 9.53 Å². The lowest BCUT2D eigenvalue weighted by atomic mass is 9.93. The van der Waals surface area contributed by atoms with Gasteiger partial charge in [0.15, 0.2) is 0 Å². The Kier molecular flexibility index (Phi) is 3.32. The Morgan fingerprint density at radius 2 is 2.20 bits per heavy atom. The third-order valence-corrected chi connectivity index (χ3v) is 3.43. The molecular formula is C13H15N5O2. The van der Waals surface area contributed by atoms with E-state index in [4.69, 9.17) is 4.74 Å². The third kappa shape index (κ3) is 2.47. The van der Waals surface area contributed by atoms with E-state index in [0.717, 1.165) is 25.0 Å². The van der Waals surface area contributed by atoms with Gasteiger partial charge in [0.2, 0.25) is 0 Å². The highest BCUT2D eigenvalue weighted by Crippen LogP contribution is 2.19. The number of hydrogen-bond donors (Lipinski definition) is 2. The van der Waals surface area contributed by atoms with Gasteiger partial charge in [0.25, 0.3) is 5.91 Å². The van der Waals surface area contributed by atoms with Gasteiger partial charge in [-0.3, -0.25) is 9.89 Å². The SMILES string of the molecule is COc1ncc(C(=O)NC2CCc3cn[nH]c3C2)cn1. The van der Waals surface area contributed by atoms with Crippen LogP contribution in [0.4, 0.5) is 0 Å². The van der Waals surface area contributed by atoms with Crippen LogP contribution in [-0.2, 0) is 12.8 Å². The van der Waals surface area contributed by atoms with Gasteiger partial charge in [-0.25, -0.2) is 9.97 Å². The van der Waals surface area contributed by atoms with E-state index in [-0.39, 0.29) is 18.0 Å². The first-order chi connectivity index (χ1) is 9.76. The van der Waals surface area contributed by atoms with E-state index in [1.807, 2.05) is 6.20 Å². The second kappa shape index (κ2) is 5.28. The summed E-state index contributed by atoms with van der Waals surface area (Å²) < 4.78 is 4.86. The summed E-state index contributed by atoms with van der Waals surface area (Å²) in [4.78, 5) is 20.0. The number of rotatable bonds is 3. The normalized spacial score (nSPS) is 17.4. The number of aromatic amines is 1. The molecule has 0 aromatic carbocycles. The number of carbonyl (C=O) groups is 1. The van der Waals surface area contributed by atoms with Crippen LogP contribution in [0.25, 0.3) is 0 Å². The largest absolute Gasteiger partial charge is 0.467 e. The van der Waals surface area contributed by atoms with Gasteiger partial charge in [-0.05, 0) is 18.4 Å². The zero-order chi connectivity index (χ0) is 13.9. The minimum atomic E-state index is -0.166. The number of aromatic nitrogens is 4. The zero-order valence-electron chi connectivity index (χ0n) is 11.1. The van der Waals surface area contributed by atoms with E-state index in [1.165, 1.54) is 25.1 Å². The Balaban J connectivity index is 1.64. The van der Waals surface area contributed by atoms with Gasteiger partial charge in [0.05, 0.1) is 18.9 Å². The number of ether oxygens (including phenoxy) is 1. The molecule has 0 saturated carbocycles. The van der Waals surface area contributed by atoms with E-state index < -0.39 is 0 Å². The van der Waals surface area contributed by atoms with Crippen LogP contribution in [0, 0.1) is 0 Å². The molecule has 2 heterocycles. The summed E-state index contributed by atoms with van der Waals surface area (Å²) >= 11 is 0. The molecule has 20 heavy (non-hydrogen) atoms. The molecule has 7 nitrogen and oxygen atoms in total. The molecule has 3 rings (SSSR count). The molecular weight excluding hydrogens is 258 g/mol. The zero-order valence-corrected chi connectivity index (χ0v) is 11.1. The van der Waals surface area contributed by atoms with Gasteiger partial charge >= 0.3 is 6.01 Å². The molecule has 2 N–H and O–H groups in total. The Morgan fingerprint density at radius 1 is 1.40 bits per heavy atom. The molecule has 104 valence electrons. The number of methoxy groups -OCH3 is 1. The first kappa shape index (κ1) is 12.6. The Hall–Kier alpha value is -2.44. The molecule has 1 aliphatic rings. The molecule has 2 aromatic rings. The van der Waals surface area contributed by atoms with Crippen molar-refractivity contribution >= 4 is 5.91 Å². The van der Waals surface area contributed by atoms with Crippen LogP contribution in [0.5, 0.6) is 6.01 Å². The maximum atomic E-state index is 12.1. The van der Waals surface area contributed by atoms with Crippen LogP contribution < -0.4 is 10.1 Å². The van der Waals surface area contributed by atoms with Gasteiger partial charge in [-0.2, -0.15) is 5.10 Å². The minimum absolute atomic E-state index is 0.109. The van der Waals surface area contributed by atoms with Crippen LogP contribution in [0.2, 0.25) is 0 Å². The lowest BCUT2D eigenvalue weighted by Crippen LogP contribution is -2.38. The molecule has 1 atom stereocenters. The number of H-pyrrole nitrogens is 1. The quantitative estimate of drug-likeness (QED) is 0.849. The summed E-state index contributed by atoms with van der Waals surface area (Å²) in [6.07, 6.45) is 7.39. The van der Waals surface area contributed by atoms with Gasteiger partial charge in [-0.1, -0.05) is 0 Å². The topological polar surface area (TPSA) is 92.8 Å². The van der Waals surface area contributed by atoms with Crippen LogP contribution in [0.1, 0.15) is 28.0 Å². The van der Waals surface area contributed by atoms with Gasteiger partial charge < -0.3 is 10.1 Å². The lowest BCUT2D eigenvalue weighted by Gasteiger charge is -2.22. The Bertz CT molecular complexity index is 607. The fourth-order valence-electron chi connectivity index (χ4n) is 2.34. The van der Waals surface area contributed by atoms with Crippen LogP contribution in [0.15, 0.2) is 18.6 Å². The number of hydrogen-bond acceptors (Lipinski definition) is 5. The standard InChI is InChI=1S/C13H15N5O2/c1-20-13-14-5-9(6-15-13)12(19)17-10-3-2-8-7-16-18-11(8)4-10/h5-7,10H,2-4H2,1H3,(H,16,18)(H,17,19). The summed E-state index contributed by atoms with van der Waals surface area (Å²) in [5, 5.41) is 9.99. The minimum Gasteiger partial charge on any atom is -0.467 e. The molecule has 7 heteroatoms. The average Bonchev–Trinajstić information content (AvgIpc) is 2.95. The molecule has 2 aromatic heterocycles. The Morgan fingerprint density at radius 3 is 2.95 bits per heavy atom. The fourth-order valence-corrected chi connectivity index (χ4v) is 2.34. The Labute approximate surface area is 115 Å². The second-order valence-electron chi connectivity index (χ2n) is 4.75. The highest BCUT2D eigenvalue weighted by atomic mass is 16.5. The maximum absolute atomic E-state index is 12.1. The number of nitrogens with one attached hydrogen (secondary N) is 2. The van der Waals surface area contributed by atoms with E-state index in [9.17, 15) is 4.79 Å². The molecule has 1 aliphatic carbocycles. The smallest absolute Gasteiger partial charge is 0.316 e. The van der Waals surface area contributed by atoms with Gasteiger partial charge in [0.1, 0.15) is 0 Å². The highest BCUT2D eigenvalue weighted by molar-refractivity contribution is 5.93. The average molecular weight is 273 g/mol. The summed E-state index contributed by atoms with van der Waals surface area (Å²) in [6, 6.07) is 0.360. The van der Waals surface area contributed by atoms with E-state index in [2.05, 4.69) is 25.5 Å². The predicted octanol–water partition coefficient (Wildman–Crippen LogP) is 0.496. The number of amides is 1. The summed E-state index contributed by atoms with van der Waals surface area (Å²) in [6.45, 7) is 0. The first-order valence-corrected chi connectivity index (χ1v) is 6.44. The molecule has 0 saturated heterocycles. The van der Waals surface area contributed by atoms with E-state index in [1.54, 1.807) is 0 Å². The van der Waals surface area contributed by atoms with Crippen LogP contribution in [0.3, 0.4) is 0 Å². The predicted molar refractivity (Wildman–Crippen MR) is 70.5 cm³/mol. The molecule has 0 radical (unpaired) electrons. The number of nitrogens with zero attached hydrogens (tertiary/aromatic N) is 3. The number of aryl methyl sites for hydroxylation is 1. The van der Waals surface area contributed by atoms with Crippen molar-refractivity contribution in [1.82, 2.24) is 25.5 Å². The van der Waals surface area contributed by atoms with Crippen molar-refractivity contribution in [2.24, 2.45) is 0 Å². The van der Waals surface area contributed by atoms with Crippen molar-refractivity contribution in [3.8, 4) is 6.01 Å². The molecule has 0 aliphatic heterocycles. The third-order valence-electron chi connectivity index (χ3n) is 3.43. The summed E-state index contributed by atoms with van der Waals surface area (Å²) in [5.74, 6) is -0.166. The van der Waals surface area contributed by atoms with Crippen molar-refractivity contribution in [3.63, 3.8) is 0 Å². The highest BCUT2D eigenvalue weighted by Gasteiger charge is 2.22. The molecule has 0 bridgehead atoms. The number of carbonyl (C=O) groups excluding carboxylic acids is 1. The fraction of sp³-hybridized carbons (Fsp3) is 0.385. The van der Waals surface area contributed by atoms with Gasteiger partial charge in [-0.15, -0.1) is 0 Å². The van der Waals surface area contributed by atoms with Crippen molar-refractivity contribution in [2.75, 3.05) is 7.11 Å². The van der Waals surface area contributed by atoms with Crippen molar-refractivity contribution in [1.29, 1.82) is 0 Å². The molecule has 1 unspecified atom stereocenters. The number of fused-ring (bicyclic) bond motifs is 1. The molecule has 1 amide bonds. The van der Waals surface area contributed by atoms with Crippen LogP contribution in [-0.4, -0.2) is 39.2 Å². The first-order valence-electron chi connectivity index (χ1n) is 6.44. The second-order valence-corrected chi connectivity index (χ2v) is 4.75. The van der Waals surface area contributed by atoms with E-state index >= 15 is 0 Å². The van der Waals surface area contributed by atoms with Gasteiger partial charge in [0, 0.05) is 30.6 Å². The van der Waals surface area contributed by atoms with Crippen molar-refractivity contribution in [3.05, 3.63) is 35.4 Å². The molecule has 0 fully saturated rings. The van der Waals surface area contributed by atoms with Crippen LogP contribution >= 0.6 is 0 Å². The maximum Gasteiger partial charge on any atom is 0.316 e. The lowest BCUT2D eigenvalue weighted by molar-refractivity contribution is 0.0932. The monoisotopic (exact) mass is 273 g/mol. The van der Waals surface area contributed by atoms with E-state index in [0.29, 0.717) is 5.56 Å². The summed E-state index contributed by atoms with van der Waals surface area (Å²) in [7, 11) is 1.49. The summed E-state index contributed by atoms with van der Waals surface area (Å²) in [5.41, 5.74) is 2.78. The molecule has 0 spiro atoms. The van der Waals surface area contributed by atoms with Crippen molar-refractivity contribution in [2.45, 2.75) is 25.3 Å².